The highest BCUT2D eigenvalue weighted by Gasteiger charge is 2.39. The van der Waals surface area contributed by atoms with Crippen LogP contribution in [0.15, 0.2) is 24.3 Å². The molecule has 3 rings (SSSR count). The highest BCUT2D eigenvalue weighted by molar-refractivity contribution is 6.20. The van der Waals surface area contributed by atoms with Gasteiger partial charge >= 0.3 is 0 Å². The molecule has 2 saturated heterocycles. The van der Waals surface area contributed by atoms with Crippen LogP contribution in [0.1, 0.15) is 36.8 Å². The van der Waals surface area contributed by atoms with Gasteiger partial charge in [0.15, 0.2) is 0 Å². The summed E-state index contributed by atoms with van der Waals surface area (Å²) in [6.07, 6.45) is 5.06. The Balaban J connectivity index is 1.74. The van der Waals surface area contributed by atoms with Crippen molar-refractivity contribution in [2.75, 3.05) is 0 Å². The maximum Gasteiger partial charge on any atom is 0.0365 e. The van der Waals surface area contributed by atoms with E-state index in [1.807, 2.05) is 0 Å². The molecule has 2 aliphatic heterocycles. The number of hydrogen-bond donors (Lipinski definition) is 0. The Hall–Kier alpha value is -0.530. The predicted octanol–water partition coefficient (Wildman–Crippen LogP) is 3.73. The van der Waals surface area contributed by atoms with E-state index in [4.69, 9.17) is 11.6 Å². The number of nitrogens with zero attached hydrogens (tertiary/aromatic N) is 1. The number of alkyl halides is 1. The van der Waals surface area contributed by atoms with Crippen LogP contribution in [0.25, 0.3) is 0 Å². The van der Waals surface area contributed by atoms with E-state index in [9.17, 15) is 0 Å². The van der Waals surface area contributed by atoms with Gasteiger partial charge < -0.3 is 0 Å². The fourth-order valence-electron chi connectivity index (χ4n) is 3.49. The Morgan fingerprint density at radius 3 is 2.59 bits per heavy atom. The number of halogens is 1. The minimum atomic E-state index is 0.418. The van der Waals surface area contributed by atoms with E-state index in [2.05, 4.69) is 36.1 Å². The van der Waals surface area contributed by atoms with Crippen molar-refractivity contribution in [3.63, 3.8) is 0 Å². The lowest BCUT2D eigenvalue weighted by Gasteiger charge is -2.37. The molecule has 1 aromatic carbocycles. The normalized spacial score (nSPS) is 32.9. The number of piperidine rings is 1. The third kappa shape index (κ3) is 2.36. The quantitative estimate of drug-likeness (QED) is 0.722. The minimum absolute atomic E-state index is 0.418. The molecule has 2 atom stereocenters. The molecule has 2 fully saturated rings. The lowest BCUT2D eigenvalue weighted by atomic mass is 10.0. The van der Waals surface area contributed by atoms with Crippen LogP contribution in [0.3, 0.4) is 0 Å². The van der Waals surface area contributed by atoms with E-state index in [0.717, 1.165) is 18.6 Å². The van der Waals surface area contributed by atoms with Crippen LogP contribution in [0.4, 0.5) is 0 Å². The molecule has 0 radical (unpaired) electrons. The molecule has 17 heavy (non-hydrogen) atoms. The molecule has 2 aliphatic rings. The van der Waals surface area contributed by atoms with E-state index in [0.29, 0.717) is 5.38 Å². The van der Waals surface area contributed by atoms with Crippen molar-refractivity contribution in [2.24, 2.45) is 0 Å². The van der Waals surface area contributed by atoms with Gasteiger partial charge in [0, 0.05) is 24.0 Å². The Kier molecular flexibility index (Phi) is 3.14. The zero-order valence-corrected chi connectivity index (χ0v) is 11.2. The van der Waals surface area contributed by atoms with Gasteiger partial charge in [-0.1, -0.05) is 29.8 Å². The molecular formula is C15H20ClN. The second kappa shape index (κ2) is 4.62. The van der Waals surface area contributed by atoms with Gasteiger partial charge in [-0.15, -0.1) is 11.6 Å². The second-order valence-electron chi connectivity index (χ2n) is 5.62. The van der Waals surface area contributed by atoms with Crippen molar-refractivity contribution in [1.82, 2.24) is 4.90 Å². The van der Waals surface area contributed by atoms with Gasteiger partial charge in [0.05, 0.1) is 0 Å². The highest BCUT2D eigenvalue weighted by Crippen LogP contribution is 2.38. The van der Waals surface area contributed by atoms with Gasteiger partial charge in [0.1, 0.15) is 0 Å². The summed E-state index contributed by atoms with van der Waals surface area (Å²) in [7, 11) is 0. The topological polar surface area (TPSA) is 3.24 Å². The first-order chi connectivity index (χ1) is 8.22. The maximum atomic E-state index is 6.31. The lowest BCUT2D eigenvalue weighted by molar-refractivity contribution is 0.134. The Morgan fingerprint density at radius 2 is 1.94 bits per heavy atom. The van der Waals surface area contributed by atoms with Crippen LogP contribution >= 0.6 is 11.6 Å². The molecule has 2 unspecified atom stereocenters. The van der Waals surface area contributed by atoms with Gasteiger partial charge in [-0.2, -0.15) is 0 Å². The lowest BCUT2D eigenvalue weighted by Crippen LogP contribution is -2.42. The Bertz CT molecular complexity index is 390. The van der Waals surface area contributed by atoms with Gasteiger partial charge in [-0.3, -0.25) is 4.90 Å². The molecule has 2 heterocycles. The summed E-state index contributed by atoms with van der Waals surface area (Å²) < 4.78 is 0. The molecule has 1 nitrogen and oxygen atoms in total. The number of fused-ring (bicyclic) bond motifs is 2. The fourth-order valence-corrected chi connectivity index (χ4v) is 3.90. The SMILES string of the molecule is Cc1cccc(CN2C3CCC2CC(Cl)C3)c1. The minimum Gasteiger partial charge on any atom is -0.293 e. The molecule has 2 heteroatoms. The van der Waals surface area contributed by atoms with Crippen molar-refractivity contribution in [3.8, 4) is 0 Å². The van der Waals surface area contributed by atoms with Crippen molar-refractivity contribution >= 4 is 11.6 Å². The number of rotatable bonds is 2. The van der Waals surface area contributed by atoms with Crippen LogP contribution < -0.4 is 0 Å². The summed E-state index contributed by atoms with van der Waals surface area (Å²) in [4.78, 5) is 2.69. The Morgan fingerprint density at radius 1 is 1.24 bits per heavy atom. The number of benzene rings is 1. The van der Waals surface area contributed by atoms with E-state index < -0.39 is 0 Å². The molecule has 0 saturated carbocycles. The molecular weight excluding hydrogens is 230 g/mol. The molecule has 0 spiro atoms. The largest absolute Gasteiger partial charge is 0.293 e. The average molecular weight is 250 g/mol. The summed E-state index contributed by atoms with van der Waals surface area (Å²) in [5.41, 5.74) is 2.82. The third-order valence-electron chi connectivity index (χ3n) is 4.27. The summed E-state index contributed by atoms with van der Waals surface area (Å²) in [6, 6.07) is 10.4. The average Bonchev–Trinajstić information content (AvgIpc) is 2.54. The van der Waals surface area contributed by atoms with Crippen LogP contribution in [0, 0.1) is 6.92 Å². The first-order valence-corrected chi connectivity index (χ1v) is 7.11. The van der Waals surface area contributed by atoms with E-state index >= 15 is 0 Å². The van der Waals surface area contributed by atoms with Crippen LogP contribution in [0.5, 0.6) is 0 Å². The monoisotopic (exact) mass is 249 g/mol. The maximum absolute atomic E-state index is 6.31. The van der Waals surface area contributed by atoms with Gasteiger partial charge in [-0.05, 0) is 38.2 Å². The smallest absolute Gasteiger partial charge is 0.0365 e. The molecule has 1 aromatic rings. The number of hydrogen-bond acceptors (Lipinski definition) is 1. The first-order valence-electron chi connectivity index (χ1n) is 6.68. The fraction of sp³-hybridized carbons (Fsp3) is 0.600. The van der Waals surface area contributed by atoms with Gasteiger partial charge in [0.2, 0.25) is 0 Å². The number of aryl methyl sites for hydroxylation is 1. The third-order valence-corrected chi connectivity index (χ3v) is 4.63. The van der Waals surface area contributed by atoms with E-state index in [-0.39, 0.29) is 0 Å². The van der Waals surface area contributed by atoms with Crippen molar-refractivity contribution < 1.29 is 0 Å². The predicted molar refractivity (Wildman–Crippen MR) is 72.4 cm³/mol. The Labute approximate surface area is 109 Å². The summed E-state index contributed by atoms with van der Waals surface area (Å²) in [5.74, 6) is 0. The first kappa shape index (κ1) is 11.6. The van der Waals surface area contributed by atoms with Crippen LogP contribution in [-0.2, 0) is 6.54 Å². The molecule has 0 N–H and O–H groups in total. The summed E-state index contributed by atoms with van der Waals surface area (Å²) >= 11 is 6.31. The van der Waals surface area contributed by atoms with Crippen molar-refractivity contribution in [3.05, 3.63) is 35.4 Å². The van der Waals surface area contributed by atoms with Gasteiger partial charge in [0.25, 0.3) is 0 Å². The second-order valence-corrected chi connectivity index (χ2v) is 6.23. The molecule has 0 amide bonds. The van der Waals surface area contributed by atoms with Crippen LogP contribution in [-0.4, -0.2) is 22.4 Å². The zero-order chi connectivity index (χ0) is 11.8. The standard InChI is InChI=1S/C15H20ClN/c1-11-3-2-4-12(7-11)10-17-14-5-6-15(17)9-13(16)8-14/h2-4,7,13-15H,5-6,8-10H2,1H3. The van der Waals surface area contributed by atoms with Gasteiger partial charge in [-0.25, -0.2) is 0 Å². The molecule has 2 bridgehead atoms. The molecule has 0 aromatic heterocycles. The summed E-state index contributed by atoms with van der Waals surface area (Å²) in [5, 5.41) is 0.418. The van der Waals surface area contributed by atoms with Crippen molar-refractivity contribution in [1.29, 1.82) is 0 Å². The highest BCUT2D eigenvalue weighted by atomic mass is 35.5. The zero-order valence-electron chi connectivity index (χ0n) is 10.4. The van der Waals surface area contributed by atoms with Crippen LogP contribution in [0.2, 0.25) is 0 Å². The van der Waals surface area contributed by atoms with E-state index in [1.165, 1.54) is 36.8 Å². The summed E-state index contributed by atoms with van der Waals surface area (Å²) in [6.45, 7) is 3.28. The molecule has 0 aliphatic carbocycles. The van der Waals surface area contributed by atoms with E-state index in [1.54, 1.807) is 0 Å². The molecule has 92 valence electrons. The van der Waals surface area contributed by atoms with Crippen molar-refractivity contribution in [2.45, 2.75) is 56.6 Å².